The van der Waals surface area contributed by atoms with Crippen molar-refractivity contribution in [1.82, 2.24) is 9.97 Å². The minimum absolute atomic E-state index is 0.750. The average Bonchev–Trinajstić information content (AvgIpc) is 2.08. The maximum Gasteiger partial charge on any atom is 0.434 e. The summed E-state index contributed by atoms with van der Waals surface area (Å²) in [5.74, 6) is 0. The van der Waals surface area contributed by atoms with Crippen LogP contribution in [0, 0.1) is 6.33 Å². The number of imidazole rings is 1. The summed E-state index contributed by atoms with van der Waals surface area (Å²) in [5, 5.41) is 0. The summed E-state index contributed by atoms with van der Waals surface area (Å²) in [6.07, 6.45) is -1.66. The summed E-state index contributed by atoms with van der Waals surface area (Å²) in [4.78, 5) is 4.96. The zero-order chi connectivity index (χ0) is 6.91. The van der Waals surface area contributed by atoms with Crippen LogP contribution in [-0.4, -0.2) is 9.97 Å². The molecule has 49 valence electrons. The van der Waals surface area contributed by atoms with Gasteiger partial charge >= 0.3 is 6.18 Å². The lowest BCUT2D eigenvalue weighted by molar-refractivity contribution is -0.140. The van der Waals surface area contributed by atoms with Crippen molar-refractivity contribution in [1.29, 1.82) is 0 Å². The van der Waals surface area contributed by atoms with Crippen molar-refractivity contribution in [2.45, 2.75) is 6.18 Å². The Kier molecular flexibility index (Phi) is 1.19. The largest absolute Gasteiger partial charge is 0.434 e. The maximum atomic E-state index is 11.5. The number of hydrogen-bond donors (Lipinski definition) is 1. The van der Waals surface area contributed by atoms with E-state index in [0.29, 0.717) is 0 Å². The van der Waals surface area contributed by atoms with E-state index in [1.807, 2.05) is 6.33 Å². The number of aromatic amines is 1. The molecule has 0 amide bonds. The summed E-state index contributed by atoms with van der Waals surface area (Å²) in [6.45, 7) is 0. The van der Waals surface area contributed by atoms with Crippen molar-refractivity contribution >= 4 is 0 Å². The highest BCUT2D eigenvalue weighted by Gasteiger charge is 2.32. The molecule has 1 radical (unpaired) electrons. The second kappa shape index (κ2) is 1.75. The lowest BCUT2D eigenvalue weighted by atomic mass is 10.5. The Bertz CT molecular complexity index is 176. The van der Waals surface area contributed by atoms with Crippen molar-refractivity contribution in [2.24, 2.45) is 0 Å². The van der Waals surface area contributed by atoms with Gasteiger partial charge in [0.2, 0.25) is 0 Å². The zero-order valence-corrected chi connectivity index (χ0v) is 4.16. The number of halogens is 3. The third-order valence-electron chi connectivity index (χ3n) is 0.740. The van der Waals surface area contributed by atoms with Crippen LogP contribution in [0.2, 0.25) is 0 Å². The number of nitrogens with one attached hydrogen (secondary N) is 1. The van der Waals surface area contributed by atoms with Crippen LogP contribution < -0.4 is 0 Å². The molecule has 0 aromatic carbocycles. The molecule has 0 aliphatic heterocycles. The smallest absolute Gasteiger partial charge is 0.341 e. The Labute approximate surface area is 48.7 Å². The van der Waals surface area contributed by atoms with Gasteiger partial charge in [-0.15, -0.1) is 0 Å². The highest BCUT2D eigenvalue weighted by molar-refractivity contribution is 4.97. The topological polar surface area (TPSA) is 28.7 Å². The molecule has 0 atom stereocenters. The molecule has 1 heterocycles. The van der Waals surface area contributed by atoms with Crippen LogP contribution in [0.3, 0.4) is 0 Å². The molecular weight excluding hydrogens is 133 g/mol. The van der Waals surface area contributed by atoms with Crippen LogP contribution in [-0.2, 0) is 6.18 Å². The predicted molar refractivity (Wildman–Crippen MR) is 22.4 cm³/mol. The maximum absolute atomic E-state index is 11.5. The van der Waals surface area contributed by atoms with Gasteiger partial charge in [0.15, 0.2) is 12.0 Å². The molecule has 0 saturated heterocycles. The summed E-state index contributed by atoms with van der Waals surface area (Å²) in [6, 6.07) is 0. The van der Waals surface area contributed by atoms with Gasteiger partial charge in [0.25, 0.3) is 0 Å². The van der Waals surface area contributed by atoms with Gasteiger partial charge in [0.05, 0.1) is 0 Å². The molecule has 5 heteroatoms. The van der Waals surface area contributed by atoms with E-state index < -0.39 is 11.9 Å². The molecule has 0 bridgehead atoms. The number of hydrogen-bond acceptors (Lipinski definition) is 1. The van der Waals surface area contributed by atoms with E-state index in [-0.39, 0.29) is 0 Å². The highest BCUT2D eigenvalue weighted by Crippen LogP contribution is 2.26. The van der Waals surface area contributed by atoms with Gasteiger partial charge in [-0.1, -0.05) is 0 Å². The van der Waals surface area contributed by atoms with E-state index in [1.165, 1.54) is 0 Å². The van der Waals surface area contributed by atoms with Gasteiger partial charge in [0.1, 0.15) is 0 Å². The summed E-state index contributed by atoms with van der Waals surface area (Å²) < 4.78 is 34.6. The van der Waals surface area contributed by atoms with Crippen LogP contribution in [0.1, 0.15) is 5.69 Å². The molecule has 0 fully saturated rings. The molecule has 2 nitrogen and oxygen atoms in total. The second-order valence-corrected chi connectivity index (χ2v) is 1.40. The lowest BCUT2D eigenvalue weighted by Crippen LogP contribution is -2.04. The van der Waals surface area contributed by atoms with Crippen molar-refractivity contribution < 1.29 is 13.2 Å². The van der Waals surface area contributed by atoms with Gasteiger partial charge in [-0.3, -0.25) is 0 Å². The standard InChI is InChI=1S/C4H2F3N2/c5-4(6,7)3-1-8-2-9-3/h1H,(H,8,9). The van der Waals surface area contributed by atoms with Crippen LogP contribution in [0.25, 0.3) is 0 Å². The molecule has 1 N–H and O–H groups in total. The first-order valence-corrected chi connectivity index (χ1v) is 2.09. The fourth-order valence-electron chi connectivity index (χ4n) is 0.371. The van der Waals surface area contributed by atoms with E-state index in [2.05, 4.69) is 9.97 Å². The molecule has 0 spiro atoms. The summed E-state index contributed by atoms with van der Waals surface area (Å²) in [5.41, 5.74) is -0.942. The van der Waals surface area contributed by atoms with Crippen LogP contribution >= 0.6 is 0 Å². The van der Waals surface area contributed by atoms with Gasteiger partial charge < -0.3 is 4.98 Å². The molecule has 1 rings (SSSR count). The SMILES string of the molecule is FC(F)(F)c1c[nH][c]n1. The fraction of sp³-hybridized carbons (Fsp3) is 0.250. The number of alkyl halides is 3. The van der Waals surface area contributed by atoms with E-state index >= 15 is 0 Å². The van der Waals surface area contributed by atoms with Crippen LogP contribution in [0.5, 0.6) is 0 Å². The first-order chi connectivity index (χ1) is 4.11. The van der Waals surface area contributed by atoms with Crippen LogP contribution in [0.4, 0.5) is 13.2 Å². The Balaban J connectivity index is 2.90. The predicted octanol–water partition coefficient (Wildman–Crippen LogP) is 1.23. The second-order valence-electron chi connectivity index (χ2n) is 1.40. The fourth-order valence-corrected chi connectivity index (χ4v) is 0.371. The molecule has 1 aromatic rings. The molecule has 9 heavy (non-hydrogen) atoms. The lowest BCUT2D eigenvalue weighted by Gasteiger charge is -1.98. The quantitative estimate of drug-likeness (QED) is 0.569. The minimum atomic E-state index is -4.35. The van der Waals surface area contributed by atoms with E-state index in [4.69, 9.17) is 0 Å². The number of aromatic nitrogens is 2. The molecule has 0 aliphatic rings. The van der Waals surface area contributed by atoms with Crippen molar-refractivity contribution in [3.05, 3.63) is 18.2 Å². The summed E-state index contributed by atoms with van der Waals surface area (Å²) in [7, 11) is 0. The minimum Gasteiger partial charge on any atom is -0.341 e. The molecule has 1 aromatic heterocycles. The highest BCUT2D eigenvalue weighted by atomic mass is 19.4. The van der Waals surface area contributed by atoms with E-state index in [1.54, 1.807) is 0 Å². The van der Waals surface area contributed by atoms with Crippen molar-refractivity contribution in [2.75, 3.05) is 0 Å². The number of rotatable bonds is 0. The Morgan fingerprint density at radius 3 is 2.44 bits per heavy atom. The van der Waals surface area contributed by atoms with Crippen LogP contribution in [0.15, 0.2) is 6.20 Å². The summed E-state index contributed by atoms with van der Waals surface area (Å²) >= 11 is 0. The monoisotopic (exact) mass is 135 g/mol. The molecule has 0 saturated carbocycles. The van der Waals surface area contributed by atoms with E-state index in [0.717, 1.165) is 6.20 Å². The Morgan fingerprint density at radius 1 is 1.56 bits per heavy atom. The molecule has 0 aliphatic carbocycles. The third-order valence-corrected chi connectivity index (χ3v) is 0.740. The molecular formula is C4H2F3N2. The molecule has 0 unspecified atom stereocenters. The van der Waals surface area contributed by atoms with E-state index in [9.17, 15) is 13.2 Å². The number of nitrogens with zero attached hydrogens (tertiary/aromatic N) is 1. The average molecular weight is 135 g/mol. The van der Waals surface area contributed by atoms with Gasteiger partial charge in [-0.25, -0.2) is 4.98 Å². The third kappa shape index (κ3) is 1.22. The van der Waals surface area contributed by atoms with Gasteiger partial charge in [-0.05, 0) is 0 Å². The Hall–Kier alpha value is -1.00. The first kappa shape index (κ1) is 6.12. The van der Waals surface area contributed by atoms with Gasteiger partial charge in [0, 0.05) is 6.20 Å². The zero-order valence-electron chi connectivity index (χ0n) is 4.16. The van der Waals surface area contributed by atoms with Crippen molar-refractivity contribution in [3.63, 3.8) is 0 Å². The first-order valence-electron chi connectivity index (χ1n) is 2.09. The number of H-pyrrole nitrogens is 1. The van der Waals surface area contributed by atoms with Crippen molar-refractivity contribution in [3.8, 4) is 0 Å². The normalized spacial score (nSPS) is 11.9. The Morgan fingerprint density at radius 2 is 2.22 bits per heavy atom. The van der Waals surface area contributed by atoms with Gasteiger partial charge in [-0.2, -0.15) is 13.2 Å².